The van der Waals surface area contributed by atoms with Crippen molar-refractivity contribution in [3.05, 3.63) is 77.9 Å². The van der Waals surface area contributed by atoms with Gasteiger partial charge in [-0.25, -0.2) is 9.97 Å². The number of esters is 1. The zero-order chi connectivity index (χ0) is 19.7. The van der Waals surface area contributed by atoms with E-state index in [1.165, 1.54) is 12.5 Å². The highest BCUT2D eigenvalue weighted by Crippen LogP contribution is 2.33. The van der Waals surface area contributed by atoms with Crippen molar-refractivity contribution in [1.82, 2.24) is 9.97 Å². The van der Waals surface area contributed by atoms with Crippen molar-refractivity contribution in [2.24, 2.45) is 0 Å². The third kappa shape index (κ3) is 3.49. The van der Waals surface area contributed by atoms with E-state index in [0.717, 1.165) is 27.7 Å². The Kier molecular flexibility index (Phi) is 4.62. The third-order valence-electron chi connectivity index (χ3n) is 4.56. The lowest BCUT2D eigenvalue weighted by Gasteiger charge is -2.12. The molecule has 28 heavy (non-hydrogen) atoms. The molecular formula is C24H20N2O2. The van der Waals surface area contributed by atoms with E-state index in [1.807, 2.05) is 43.3 Å². The molecule has 0 saturated heterocycles. The van der Waals surface area contributed by atoms with E-state index in [0.29, 0.717) is 17.1 Å². The molecule has 0 amide bonds. The smallest absolute Gasteiger partial charge is 0.308 e. The van der Waals surface area contributed by atoms with Crippen LogP contribution >= 0.6 is 0 Å². The number of hydrogen-bond donors (Lipinski definition) is 0. The van der Waals surface area contributed by atoms with Gasteiger partial charge in [-0.3, -0.25) is 4.79 Å². The monoisotopic (exact) mass is 368 g/mol. The van der Waals surface area contributed by atoms with Gasteiger partial charge in [0.2, 0.25) is 0 Å². The van der Waals surface area contributed by atoms with E-state index in [4.69, 9.17) is 14.7 Å². The number of benzene rings is 3. The molecule has 0 bridgehead atoms. The number of hydrogen-bond acceptors (Lipinski definition) is 4. The fourth-order valence-corrected chi connectivity index (χ4v) is 3.19. The summed E-state index contributed by atoms with van der Waals surface area (Å²) in [6.45, 7) is 5.44. The van der Waals surface area contributed by atoms with Crippen LogP contribution in [-0.4, -0.2) is 15.9 Å². The molecule has 0 fully saturated rings. The summed E-state index contributed by atoms with van der Waals surface area (Å²) in [6.07, 6.45) is 0. The Balaban J connectivity index is 1.98. The topological polar surface area (TPSA) is 52.1 Å². The molecule has 0 atom stereocenters. The molecule has 0 unspecified atom stereocenters. The van der Waals surface area contributed by atoms with Crippen molar-refractivity contribution in [2.75, 3.05) is 0 Å². The van der Waals surface area contributed by atoms with Crippen LogP contribution in [-0.2, 0) is 4.79 Å². The molecule has 0 spiro atoms. The van der Waals surface area contributed by atoms with Crippen LogP contribution in [0.4, 0.5) is 0 Å². The Morgan fingerprint density at radius 1 is 0.857 bits per heavy atom. The maximum Gasteiger partial charge on any atom is 0.308 e. The van der Waals surface area contributed by atoms with E-state index in [2.05, 4.69) is 31.2 Å². The fraction of sp³-hybridized carbons (Fsp3) is 0.125. The summed E-state index contributed by atoms with van der Waals surface area (Å²) < 4.78 is 5.41. The van der Waals surface area contributed by atoms with Gasteiger partial charge in [0.25, 0.3) is 0 Å². The zero-order valence-electron chi connectivity index (χ0n) is 16.1. The number of aromatic nitrogens is 2. The van der Waals surface area contributed by atoms with Gasteiger partial charge >= 0.3 is 5.97 Å². The SMILES string of the molecule is CC(=O)Oc1ccc(C)cc1-c1nc(-c2ccc(C)cc2)c2ccccc2n1. The number of para-hydroxylation sites is 1. The summed E-state index contributed by atoms with van der Waals surface area (Å²) in [7, 11) is 0. The number of fused-ring (bicyclic) bond motifs is 1. The molecule has 4 aromatic rings. The first-order valence-corrected chi connectivity index (χ1v) is 9.14. The molecule has 0 radical (unpaired) electrons. The molecule has 0 N–H and O–H groups in total. The van der Waals surface area contributed by atoms with Crippen molar-refractivity contribution in [3.63, 3.8) is 0 Å². The first-order chi connectivity index (χ1) is 13.5. The van der Waals surface area contributed by atoms with E-state index < -0.39 is 0 Å². The Morgan fingerprint density at radius 3 is 2.32 bits per heavy atom. The lowest BCUT2D eigenvalue weighted by atomic mass is 10.0. The van der Waals surface area contributed by atoms with Gasteiger partial charge in [0, 0.05) is 17.9 Å². The minimum absolute atomic E-state index is 0.371. The Hall–Kier alpha value is -3.53. The predicted octanol–water partition coefficient (Wildman–Crippen LogP) is 5.51. The van der Waals surface area contributed by atoms with E-state index in [-0.39, 0.29) is 5.97 Å². The molecule has 0 saturated carbocycles. The van der Waals surface area contributed by atoms with Gasteiger partial charge in [0.1, 0.15) is 5.75 Å². The average Bonchev–Trinajstić information content (AvgIpc) is 2.69. The lowest BCUT2D eigenvalue weighted by molar-refractivity contribution is -0.131. The molecule has 1 heterocycles. The molecule has 4 heteroatoms. The van der Waals surface area contributed by atoms with Crippen LogP contribution in [0.3, 0.4) is 0 Å². The van der Waals surface area contributed by atoms with Gasteiger partial charge in [0.05, 0.1) is 16.8 Å². The molecule has 0 aliphatic carbocycles. The normalized spacial score (nSPS) is 10.8. The predicted molar refractivity (Wildman–Crippen MR) is 111 cm³/mol. The van der Waals surface area contributed by atoms with Gasteiger partial charge in [-0.1, -0.05) is 59.7 Å². The van der Waals surface area contributed by atoms with Crippen molar-refractivity contribution >= 4 is 16.9 Å². The van der Waals surface area contributed by atoms with Crippen LogP contribution in [0.25, 0.3) is 33.5 Å². The summed E-state index contributed by atoms with van der Waals surface area (Å²) in [5.74, 6) is 0.627. The highest BCUT2D eigenvalue weighted by atomic mass is 16.5. The van der Waals surface area contributed by atoms with Crippen LogP contribution in [0.2, 0.25) is 0 Å². The van der Waals surface area contributed by atoms with Crippen LogP contribution in [0.5, 0.6) is 5.75 Å². The second-order valence-corrected chi connectivity index (χ2v) is 6.87. The summed E-state index contributed by atoms with van der Waals surface area (Å²) in [5, 5.41) is 0.983. The van der Waals surface area contributed by atoms with Crippen LogP contribution in [0.15, 0.2) is 66.7 Å². The molecule has 138 valence electrons. The van der Waals surface area contributed by atoms with Crippen molar-refractivity contribution in [3.8, 4) is 28.4 Å². The second-order valence-electron chi connectivity index (χ2n) is 6.87. The van der Waals surface area contributed by atoms with Crippen molar-refractivity contribution in [2.45, 2.75) is 20.8 Å². The van der Waals surface area contributed by atoms with E-state index in [1.54, 1.807) is 6.07 Å². The Morgan fingerprint density at radius 2 is 1.57 bits per heavy atom. The fourth-order valence-electron chi connectivity index (χ4n) is 3.19. The molecule has 3 aromatic carbocycles. The number of nitrogens with zero attached hydrogens (tertiary/aromatic N) is 2. The van der Waals surface area contributed by atoms with Crippen LogP contribution in [0, 0.1) is 13.8 Å². The lowest BCUT2D eigenvalue weighted by Crippen LogP contribution is -2.04. The number of carbonyl (C=O) groups excluding carboxylic acids is 1. The summed E-state index contributed by atoms with van der Waals surface area (Å²) in [6, 6.07) is 21.9. The van der Waals surface area contributed by atoms with Crippen LogP contribution in [0.1, 0.15) is 18.1 Å². The Labute approximate surface area is 163 Å². The molecule has 0 aliphatic heterocycles. The Bertz CT molecular complexity index is 1180. The zero-order valence-corrected chi connectivity index (χ0v) is 16.1. The van der Waals surface area contributed by atoms with Crippen LogP contribution < -0.4 is 4.74 Å². The maximum absolute atomic E-state index is 11.6. The summed E-state index contributed by atoms with van der Waals surface area (Å²) >= 11 is 0. The summed E-state index contributed by atoms with van der Waals surface area (Å²) in [5.41, 5.74) is 5.66. The first-order valence-electron chi connectivity index (χ1n) is 9.14. The molecule has 1 aromatic heterocycles. The second kappa shape index (κ2) is 7.24. The van der Waals surface area contributed by atoms with Gasteiger partial charge < -0.3 is 4.74 Å². The molecule has 4 rings (SSSR count). The molecular weight excluding hydrogens is 348 g/mol. The highest BCUT2D eigenvalue weighted by molar-refractivity contribution is 5.94. The molecule has 0 aliphatic rings. The number of rotatable bonds is 3. The third-order valence-corrected chi connectivity index (χ3v) is 4.56. The first kappa shape index (κ1) is 17.9. The van der Waals surface area contributed by atoms with E-state index in [9.17, 15) is 4.79 Å². The minimum atomic E-state index is -0.371. The van der Waals surface area contributed by atoms with Gasteiger partial charge in [-0.2, -0.15) is 0 Å². The van der Waals surface area contributed by atoms with Crippen molar-refractivity contribution < 1.29 is 9.53 Å². The molecule has 4 nitrogen and oxygen atoms in total. The van der Waals surface area contributed by atoms with Crippen molar-refractivity contribution in [1.29, 1.82) is 0 Å². The minimum Gasteiger partial charge on any atom is -0.426 e. The number of aryl methyl sites for hydroxylation is 2. The van der Waals surface area contributed by atoms with Gasteiger partial charge in [-0.15, -0.1) is 0 Å². The summed E-state index contributed by atoms with van der Waals surface area (Å²) in [4.78, 5) is 21.2. The number of ether oxygens (including phenoxy) is 1. The number of carbonyl (C=O) groups is 1. The maximum atomic E-state index is 11.6. The van der Waals surface area contributed by atoms with Gasteiger partial charge in [-0.05, 0) is 32.0 Å². The van der Waals surface area contributed by atoms with E-state index >= 15 is 0 Å². The largest absolute Gasteiger partial charge is 0.426 e. The average molecular weight is 368 g/mol. The quantitative estimate of drug-likeness (QED) is 0.354. The standard InChI is InChI=1S/C24H20N2O2/c1-15-8-11-18(12-9-15)23-19-6-4-5-7-21(19)25-24(26-23)20-14-16(2)10-13-22(20)28-17(3)27/h4-14H,1-3H3. The highest BCUT2D eigenvalue weighted by Gasteiger charge is 2.16. The van der Waals surface area contributed by atoms with Gasteiger partial charge in [0.15, 0.2) is 5.82 Å².